The first-order valence-corrected chi connectivity index (χ1v) is 17.8. The molecule has 0 saturated heterocycles. The molecule has 10 rings (SSSR count). The number of furan rings is 1. The van der Waals surface area contributed by atoms with Crippen LogP contribution in [0.5, 0.6) is 0 Å². The number of hydrogen-bond acceptors (Lipinski definition) is 4. The summed E-state index contributed by atoms with van der Waals surface area (Å²) in [7, 11) is 0. The van der Waals surface area contributed by atoms with Crippen molar-refractivity contribution in [1.29, 1.82) is 0 Å². The molecule has 2 aromatic heterocycles. The zero-order valence-corrected chi connectivity index (χ0v) is 28.6. The average molecular weight is 678 g/mol. The van der Waals surface area contributed by atoms with Gasteiger partial charge in [0, 0.05) is 33.0 Å². The monoisotopic (exact) mass is 677 g/mol. The molecule has 0 bridgehead atoms. The molecule has 8 aromatic carbocycles. The van der Waals surface area contributed by atoms with Gasteiger partial charge in [-0.15, -0.1) is 0 Å². The lowest BCUT2D eigenvalue weighted by atomic mass is 9.92. The highest BCUT2D eigenvalue weighted by Gasteiger charge is 2.17. The lowest BCUT2D eigenvalue weighted by molar-refractivity contribution is 0.670. The molecule has 2 heterocycles. The van der Waals surface area contributed by atoms with Gasteiger partial charge in [0.25, 0.3) is 0 Å². The molecular formula is C49H31N3O. The summed E-state index contributed by atoms with van der Waals surface area (Å²) in [5.74, 6) is 1.84. The van der Waals surface area contributed by atoms with Crippen LogP contribution in [0.4, 0.5) is 0 Å². The third kappa shape index (κ3) is 5.63. The molecule has 53 heavy (non-hydrogen) atoms. The van der Waals surface area contributed by atoms with Crippen LogP contribution in [-0.4, -0.2) is 15.0 Å². The van der Waals surface area contributed by atoms with Crippen LogP contribution in [0.25, 0.3) is 100 Å². The fourth-order valence-electron chi connectivity index (χ4n) is 7.32. The molecule has 0 aliphatic rings. The molecule has 0 fully saturated rings. The van der Waals surface area contributed by atoms with Crippen LogP contribution >= 0.6 is 0 Å². The minimum atomic E-state index is 0.606. The third-order valence-corrected chi connectivity index (χ3v) is 9.90. The van der Waals surface area contributed by atoms with E-state index in [9.17, 15) is 0 Å². The number of aromatic nitrogens is 3. The Morgan fingerprint density at radius 3 is 1.53 bits per heavy atom. The molecule has 0 spiro atoms. The Kier molecular flexibility index (Phi) is 7.43. The van der Waals surface area contributed by atoms with E-state index in [4.69, 9.17) is 19.4 Å². The molecule has 0 unspecified atom stereocenters. The van der Waals surface area contributed by atoms with E-state index in [-0.39, 0.29) is 0 Å². The van der Waals surface area contributed by atoms with Crippen molar-refractivity contribution in [1.82, 2.24) is 15.0 Å². The van der Waals surface area contributed by atoms with Crippen molar-refractivity contribution in [2.24, 2.45) is 0 Å². The minimum Gasteiger partial charge on any atom is -0.455 e. The van der Waals surface area contributed by atoms with Crippen molar-refractivity contribution in [2.45, 2.75) is 0 Å². The molecule has 4 heteroatoms. The maximum Gasteiger partial charge on any atom is 0.164 e. The Hall–Kier alpha value is -7.17. The zero-order chi connectivity index (χ0) is 35.1. The van der Waals surface area contributed by atoms with Crippen molar-refractivity contribution in [3.05, 3.63) is 188 Å². The first kappa shape index (κ1) is 30.6. The molecule has 0 aliphatic carbocycles. The summed E-state index contributed by atoms with van der Waals surface area (Å²) in [6.45, 7) is 0. The fourth-order valence-corrected chi connectivity index (χ4v) is 7.32. The normalized spacial score (nSPS) is 11.4. The highest BCUT2D eigenvalue weighted by atomic mass is 16.3. The number of fused-ring (bicyclic) bond motifs is 4. The van der Waals surface area contributed by atoms with Gasteiger partial charge in [0.15, 0.2) is 17.5 Å². The van der Waals surface area contributed by atoms with Gasteiger partial charge in [0.2, 0.25) is 0 Å². The first-order chi connectivity index (χ1) is 26.2. The van der Waals surface area contributed by atoms with Gasteiger partial charge in [0.1, 0.15) is 11.2 Å². The second kappa shape index (κ2) is 12.9. The summed E-state index contributed by atoms with van der Waals surface area (Å²) in [5.41, 5.74) is 11.2. The number of rotatable bonds is 6. The standard InChI is InChI=1S/C49H31N3O/c1-3-14-32(15-4-1)39-30-34-18-7-8-23-40(34)44(31-39)36-20-12-22-38(29-36)49-51-47(33-16-5-2-6-17-33)50-48(52-49)37-21-11-19-35(28-37)41-25-13-26-43-42-24-9-10-27-45(42)53-46(41)43/h1-31H. The van der Waals surface area contributed by atoms with Crippen LogP contribution in [0.2, 0.25) is 0 Å². The summed E-state index contributed by atoms with van der Waals surface area (Å²) in [6.07, 6.45) is 0. The van der Waals surface area contributed by atoms with E-state index in [1.54, 1.807) is 0 Å². The van der Waals surface area contributed by atoms with Gasteiger partial charge in [-0.2, -0.15) is 0 Å². The van der Waals surface area contributed by atoms with Crippen LogP contribution < -0.4 is 0 Å². The first-order valence-electron chi connectivity index (χ1n) is 17.8. The molecule has 0 atom stereocenters. The van der Waals surface area contributed by atoms with Crippen molar-refractivity contribution in [3.8, 4) is 67.5 Å². The van der Waals surface area contributed by atoms with Crippen LogP contribution in [0, 0.1) is 0 Å². The molecule has 0 radical (unpaired) electrons. The molecule has 0 saturated carbocycles. The van der Waals surface area contributed by atoms with Crippen molar-refractivity contribution < 1.29 is 4.42 Å². The summed E-state index contributed by atoms with van der Waals surface area (Å²) < 4.78 is 6.40. The molecule has 0 N–H and O–H groups in total. The van der Waals surface area contributed by atoms with Crippen LogP contribution in [0.1, 0.15) is 0 Å². The molecule has 0 aliphatic heterocycles. The maximum absolute atomic E-state index is 6.40. The largest absolute Gasteiger partial charge is 0.455 e. The topological polar surface area (TPSA) is 51.8 Å². The summed E-state index contributed by atoms with van der Waals surface area (Å²) >= 11 is 0. The van der Waals surface area contributed by atoms with Gasteiger partial charge in [-0.1, -0.05) is 158 Å². The Morgan fingerprint density at radius 1 is 0.302 bits per heavy atom. The van der Waals surface area contributed by atoms with Gasteiger partial charge in [-0.25, -0.2) is 15.0 Å². The lowest BCUT2D eigenvalue weighted by Crippen LogP contribution is -2.00. The molecule has 248 valence electrons. The average Bonchev–Trinajstić information content (AvgIpc) is 3.63. The van der Waals surface area contributed by atoms with Gasteiger partial charge in [-0.3, -0.25) is 0 Å². The van der Waals surface area contributed by atoms with E-state index in [1.807, 2.05) is 48.5 Å². The highest BCUT2D eigenvalue weighted by Crippen LogP contribution is 2.38. The fraction of sp³-hybridized carbons (Fsp3) is 0. The Balaban J connectivity index is 1.12. The highest BCUT2D eigenvalue weighted by molar-refractivity contribution is 6.09. The Bertz CT molecular complexity index is 2950. The number of para-hydroxylation sites is 2. The predicted molar refractivity (Wildman–Crippen MR) is 217 cm³/mol. The smallest absolute Gasteiger partial charge is 0.164 e. The molecule has 10 aromatic rings. The Labute approximate surface area is 306 Å². The molecule has 4 nitrogen and oxygen atoms in total. The zero-order valence-electron chi connectivity index (χ0n) is 28.6. The minimum absolute atomic E-state index is 0.606. The second-order valence-corrected chi connectivity index (χ2v) is 13.2. The number of hydrogen-bond donors (Lipinski definition) is 0. The van der Waals surface area contributed by atoms with E-state index < -0.39 is 0 Å². The van der Waals surface area contributed by atoms with E-state index in [0.29, 0.717) is 17.5 Å². The molecule has 0 amide bonds. The third-order valence-electron chi connectivity index (χ3n) is 9.90. The van der Waals surface area contributed by atoms with E-state index in [0.717, 1.165) is 60.9 Å². The maximum atomic E-state index is 6.40. The second-order valence-electron chi connectivity index (χ2n) is 13.2. The lowest BCUT2D eigenvalue weighted by Gasteiger charge is -2.13. The number of nitrogens with zero attached hydrogens (tertiary/aromatic N) is 3. The SMILES string of the molecule is c1ccc(-c2cc(-c3cccc(-c4nc(-c5ccccc5)nc(-c5cccc(-c6cccc7c6oc6ccccc67)c5)n4)c3)c3ccccc3c2)cc1. The van der Waals surface area contributed by atoms with Crippen molar-refractivity contribution >= 4 is 32.7 Å². The predicted octanol–water partition coefficient (Wildman–Crippen LogP) is 12.9. The Morgan fingerprint density at radius 2 is 0.811 bits per heavy atom. The van der Waals surface area contributed by atoms with E-state index in [1.165, 1.54) is 21.9 Å². The van der Waals surface area contributed by atoms with Gasteiger partial charge in [-0.05, 0) is 68.9 Å². The van der Waals surface area contributed by atoms with Crippen molar-refractivity contribution in [3.63, 3.8) is 0 Å². The molecular weight excluding hydrogens is 647 g/mol. The van der Waals surface area contributed by atoms with Gasteiger partial charge < -0.3 is 4.42 Å². The quantitative estimate of drug-likeness (QED) is 0.176. The van der Waals surface area contributed by atoms with Crippen molar-refractivity contribution in [2.75, 3.05) is 0 Å². The summed E-state index contributed by atoms with van der Waals surface area (Å²) in [4.78, 5) is 15.3. The van der Waals surface area contributed by atoms with Gasteiger partial charge >= 0.3 is 0 Å². The van der Waals surface area contributed by atoms with E-state index >= 15 is 0 Å². The van der Waals surface area contributed by atoms with Crippen LogP contribution in [0.15, 0.2) is 192 Å². The van der Waals surface area contributed by atoms with E-state index in [2.05, 4.69) is 140 Å². The number of benzene rings is 8. The summed E-state index contributed by atoms with van der Waals surface area (Å²) in [5, 5.41) is 4.60. The van der Waals surface area contributed by atoms with Crippen LogP contribution in [0.3, 0.4) is 0 Å². The van der Waals surface area contributed by atoms with Gasteiger partial charge in [0.05, 0.1) is 0 Å². The summed E-state index contributed by atoms with van der Waals surface area (Å²) in [6, 6.07) is 65.2. The van der Waals surface area contributed by atoms with Crippen LogP contribution in [-0.2, 0) is 0 Å².